The third kappa shape index (κ3) is 3.24. The van der Waals surface area contributed by atoms with Crippen LogP contribution in [0.4, 0.5) is 17.6 Å². The Morgan fingerprint density at radius 1 is 1.22 bits per heavy atom. The molecule has 0 bridgehead atoms. The molecule has 0 aliphatic heterocycles. The molecule has 100 valence electrons. The zero-order valence-electron chi connectivity index (χ0n) is 11.5. The number of rotatable bonds is 3. The van der Waals surface area contributed by atoms with E-state index in [0.717, 1.165) is 11.6 Å². The maximum Gasteiger partial charge on any atom is 0.223 e. The van der Waals surface area contributed by atoms with Crippen LogP contribution in [0.25, 0.3) is 0 Å². The standard InChI is InChI=1S/C13H23N5/c1-13(2)6-4-9(5-7-13)16-11-8-10(15-3)17-12(14)18-11/h8-9H,4-7H2,1-3H3,(H4,14,15,16,17,18). The summed E-state index contributed by atoms with van der Waals surface area (Å²) in [6.45, 7) is 4.68. The molecule has 2 rings (SSSR count). The van der Waals surface area contributed by atoms with Crippen LogP contribution in [0.2, 0.25) is 0 Å². The highest BCUT2D eigenvalue weighted by atomic mass is 15.1. The number of nitrogens with two attached hydrogens (primary N) is 1. The molecule has 0 saturated heterocycles. The summed E-state index contributed by atoms with van der Waals surface area (Å²) in [5.41, 5.74) is 6.17. The molecule has 0 spiro atoms. The van der Waals surface area contributed by atoms with Crippen LogP contribution in [0.5, 0.6) is 0 Å². The Balaban J connectivity index is 2.00. The topological polar surface area (TPSA) is 75.9 Å². The highest BCUT2D eigenvalue weighted by Crippen LogP contribution is 2.36. The Morgan fingerprint density at radius 2 is 1.83 bits per heavy atom. The van der Waals surface area contributed by atoms with Gasteiger partial charge < -0.3 is 16.4 Å². The van der Waals surface area contributed by atoms with Gasteiger partial charge in [-0.2, -0.15) is 9.97 Å². The number of nitrogen functional groups attached to an aromatic ring is 1. The third-order valence-electron chi connectivity index (χ3n) is 3.69. The van der Waals surface area contributed by atoms with Gasteiger partial charge in [0.1, 0.15) is 11.6 Å². The first-order valence-corrected chi connectivity index (χ1v) is 6.57. The number of hydrogen-bond donors (Lipinski definition) is 3. The lowest BCUT2D eigenvalue weighted by atomic mass is 9.75. The van der Waals surface area contributed by atoms with Crippen molar-refractivity contribution in [2.24, 2.45) is 5.41 Å². The lowest BCUT2D eigenvalue weighted by Crippen LogP contribution is -2.30. The van der Waals surface area contributed by atoms with Crippen molar-refractivity contribution in [3.05, 3.63) is 6.07 Å². The highest BCUT2D eigenvalue weighted by molar-refractivity contribution is 5.51. The largest absolute Gasteiger partial charge is 0.373 e. The summed E-state index contributed by atoms with van der Waals surface area (Å²) in [7, 11) is 1.83. The zero-order valence-corrected chi connectivity index (χ0v) is 11.5. The van der Waals surface area contributed by atoms with Crippen LogP contribution in [0, 0.1) is 5.41 Å². The van der Waals surface area contributed by atoms with Gasteiger partial charge >= 0.3 is 0 Å². The van der Waals surface area contributed by atoms with Gasteiger partial charge in [-0.1, -0.05) is 13.8 Å². The lowest BCUT2D eigenvalue weighted by Gasteiger charge is -2.34. The number of nitrogens with one attached hydrogen (secondary N) is 2. The van der Waals surface area contributed by atoms with Crippen molar-refractivity contribution in [1.29, 1.82) is 0 Å². The Kier molecular flexibility index (Phi) is 3.59. The fourth-order valence-electron chi connectivity index (χ4n) is 2.42. The molecule has 5 nitrogen and oxygen atoms in total. The summed E-state index contributed by atoms with van der Waals surface area (Å²) in [5.74, 6) is 1.87. The molecule has 18 heavy (non-hydrogen) atoms. The van der Waals surface area contributed by atoms with Gasteiger partial charge in [-0.25, -0.2) is 0 Å². The van der Waals surface area contributed by atoms with Crippen LogP contribution in [-0.4, -0.2) is 23.1 Å². The SMILES string of the molecule is CNc1cc(NC2CCC(C)(C)CC2)nc(N)n1. The van der Waals surface area contributed by atoms with E-state index in [1.165, 1.54) is 25.7 Å². The van der Waals surface area contributed by atoms with Crippen LogP contribution >= 0.6 is 0 Å². The minimum atomic E-state index is 0.306. The first kappa shape index (κ1) is 12.9. The van der Waals surface area contributed by atoms with Gasteiger partial charge in [0.2, 0.25) is 5.95 Å². The molecule has 1 aliphatic rings. The van der Waals surface area contributed by atoms with Crippen molar-refractivity contribution in [3.8, 4) is 0 Å². The zero-order chi connectivity index (χ0) is 13.2. The molecular formula is C13H23N5. The van der Waals surface area contributed by atoms with E-state index in [-0.39, 0.29) is 0 Å². The summed E-state index contributed by atoms with van der Waals surface area (Å²) < 4.78 is 0. The second kappa shape index (κ2) is 5.00. The Morgan fingerprint density at radius 3 is 2.44 bits per heavy atom. The number of aromatic nitrogens is 2. The number of nitrogens with zero attached hydrogens (tertiary/aromatic N) is 2. The summed E-state index contributed by atoms with van der Waals surface area (Å²) in [6, 6.07) is 2.40. The van der Waals surface area contributed by atoms with Gasteiger partial charge in [0.05, 0.1) is 0 Å². The summed E-state index contributed by atoms with van der Waals surface area (Å²) in [4.78, 5) is 8.31. The number of hydrogen-bond acceptors (Lipinski definition) is 5. The third-order valence-corrected chi connectivity index (χ3v) is 3.69. The van der Waals surface area contributed by atoms with E-state index < -0.39 is 0 Å². The first-order valence-electron chi connectivity index (χ1n) is 6.57. The fraction of sp³-hybridized carbons (Fsp3) is 0.692. The van der Waals surface area contributed by atoms with E-state index in [1.807, 2.05) is 13.1 Å². The Hall–Kier alpha value is -1.52. The average Bonchev–Trinajstić information content (AvgIpc) is 2.31. The predicted molar refractivity (Wildman–Crippen MR) is 75.7 cm³/mol. The van der Waals surface area contributed by atoms with Crippen LogP contribution < -0.4 is 16.4 Å². The van der Waals surface area contributed by atoms with Crippen molar-refractivity contribution < 1.29 is 0 Å². The second-order valence-corrected chi connectivity index (χ2v) is 5.83. The molecule has 0 unspecified atom stereocenters. The molecule has 0 atom stereocenters. The van der Waals surface area contributed by atoms with E-state index in [4.69, 9.17) is 5.73 Å². The maximum atomic E-state index is 5.68. The van der Waals surface area contributed by atoms with Crippen LogP contribution in [0.1, 0.15) is 39.5 Å². The second-order valence-electron chi connectivity index (χ2n) is 5.83. The minimum Gasteiger partial charge on any atom is -0.373 e. The van der Waals surface area contributed by atoms with Crippen molar-refractivity contribution >= 4 is 17.6 Å². The molecule has 1 aromatic rings. The van der Waals surface area contributed by atoms with Gasteiger partial charge in [0, 0.05) is 19.2 Å². The van der Waals surface area contributed by atoms with Crippen molar-refractivity contribution in [2.45, 2.75) is 45.6 Å². The summed E-state index contributed by atoms with van der Waals surface area (Å²) in [5, 5.41) is 6.45. The van der Waals surface area contributed by atoms with Gasteiger partial charge in [-0.3, -0.25) is 0 Å². The van der Waals surface area contributed by atoms with Crippen LogP contribution in [0.3, 0.4) is 0 Å². The van der Waals surface area contributed by atoms with Crippen LogP contribution in [0.15, 0.2) is 6.07 Å². The maximum absolute atomic E-state index is 5.68. The molecule has 4 N–H and O–H groups in total. The minimum absolute atomic E-state index is 0.306. The van der Waals surface area contributed by atoms with E-state index in [1.54, 1.807) is 0 Å². The fourth-order valence-corrected chi connectivity index (χ4v) is 2.42. The van der Waals surface area contributed by atoms with Crippen LogP contribution in [-0.2, 0) is 0 Å². The van der Waals surface area contributed by atoms with Crippen molar-refractivity contribution in [1.82, 2.24) is 9.97 Å². The molecule has 0 amide bonds. The Bertz CT molecular complexity index is 406. The molecule has 0 radical (unpaired) electrons. The highest BCUT2D eigenvalue weighted by Gasteiger charge is 2.26. The van der Waals surface area contributed by atoms with Crippen molar-refractivity contribution in [3.63, 3.8) is 0 Å². The molecule has 1 heterocycles. The molecule has 1 saturated carbocycles. The smallest absolute Gasteiger partial charge is 0.223 e. The molecule has 1 aliphatic carbocycles. The normalized spacial score (nSPS) is 19.5. The average molecular weight is 249 g/mol. The van der Waals surface area contributed by atoms with E-state index in [2.05, 4.69) is 34.4 Å². The monoisotopic (exact) mass is 249 g/mol. The van der Waals surface area contributed by atoms with E-state index in [0.29, 0.717) is 17.4 Å². The molecule has 0 aromatic carbocycles. The van der Waals surface area contributed by atoms with Gasteiger partial charge in [0.25, 0.3) is 0 Å². The van der Waals surface area contributed by atoms with Crippen molar-refractivity contribution in [2.75, 3.05) is 23.4 Å². The summed E-state index contributed by atoms with van der Waals surface area (Å²) in [6.07, 6.45) is 4.88. The van der Waals surface area contributed by atoms with E-state index >= 15 is 0 Å². The van der Waals surface area contributed by atoms with Gasteiger partial charge in [-0.05, 0) is 31.1 Å². The van der Waals surface area contributed by atoms with Gasteiger partial charge in [0.15, 0.2) is 0 Å². The number of anilines is 3. The molecular weight excluding hydrogens is 226 g/mol. The molecule has 1 fully saturated rings. The van der Waals surface area contributed by atoms with E-state index in [9.17, 15) is 0 Å². The summed E-state index contributed by atoms with van der Waals surface area (Å²) >= 11 is 0. The molecule has 5 heteroatoms. The van der Waals surface area contributed by atoms with Gasteiger partial charge in [-0.15, -0.1) is 0 Å². The predicted octanol–water partition coefficient (Wildman–Crippen LogP) is 2.48. The molecule has 1 aromatic heterocycles. The first-order chi connectivity index (χ1) is 8.48. The Labute approximate surface area is 109 Å². The quantitative estimate of drug-likeness (QED) is 0.767. The lowest BCUT2D eigenvalue weighted by molar-refractivity contribution is 0.232.